The van der Waals surface area contributed by atoms with Gasteiger partial charge in [-0.1, -0.05) is 17.8 Å². The average Bonchev–Trinajstić information content (AvgIpc) is 3.23. The fourth-order valence-electron chi connectivity index (χ4n) is 3.05. The molecule has 0 unspecified atom stereocenters. The number of hydrogen-bond acceptors (Lipinski definition) is 8. The van der Waals surface area contributed by atoms with E-state index in [-0.39, 0.29) is 5.56 Å². The van der Waals surface area contributed by atoms with Crippen LogP contribution in [-0.4, -0.2) is 34.4 Å². The van der Waals surface area contributed by atoms with Gasteiger partial charge in [-0.2, -0.15) is 23.5 Å². The highest BCUT2D eigenvalue weighted by Gasteiger charge is 2.31. The van der Waals surface area contributed by atoms with E-state index in [2.05, 4.69) is 10.0 Å². The van der Waals surface area contributed by atoms with Gasteiger partial charge in [-0.25, -0.2) is 0 Å². The lowest BCUT2D eigenvalue weighted by molar-refractivity contribution is -0.137. The topological polar surface area (TPSA) is 94.7 Å². The highest BCUT2D eigenvalue weighted by atomic mass is 32.2. The van der Waals surface area contributed by atoms with E-state index in [9.17, 15) is 18.4 Å². The van der Waals surface area contributed by atoms with Crippen molar-refractivity contribution in [1.29, 1.82) is 5.26 Å². The third-order valence-corrected chi connectivity index (χ3v) is 6.77. The molecule has 1 aromatic carbocycles. The van der Waals surface area contributed by atoms with Crippen LogP contribution in [0, 0.1) is 11.3 Å². The predicted octanol–water partition coefficient (Wildman–Crippen LogP) is 3.78. The SMILES string of the molecule is CN1N=C(SCc2ccc(C(F)(F)F)cc2C#N)SC(N)=C1/C=C(\N)N1CCCC1. The Morgan fingerprint density at radius 2 is 2.07 bits per heavy atom. The van der Waals surface area contributed by atoms with Crippen LogP contribution >= 0.6 is 23.5 Å². The van der Waals surface area contributed by atoms with Crippen LogP contribution < -0.4 is 11.5 Å². The number of nitriles is 1. The molecular weight excluding hydrogens is 433 g/mol. The number of thioether (sulfide) groups is 2. The lowest BCUT2D eigenvalue weighted by Gasteiger charge is -2.25. The Hall–Kier alpha value is -2.45. The van der Waals surface area contributed by atoms with Gasteiger partial charge in [-0.15, -0.1) is 0 Å². The van der Waals surface area contributed by atoms with Gasteiger partial charge in [0.15, 0.2) is 4.38 Å². The maximum absolute atomic E-state index is 12.8. The highest BCUT2D eigenvalue weighted by molar-refractivity contribution is 8.40. The highest BCUT2D eigenvalue weighted by Crippen LogP contribution is 2.35. The molecule has 1 aromatic rings. The number of allylic oxidation sites excluding steroid dienone is 1. The van der Waals surface area contributed by atoms with Crippen molar-refractivity contribution < 1.29 is 13.2 Å². The fraction of sp³-hybridized carbons (Fsp3) is 0.368. The molecule has 30 heavy (non-hydrogen) atoms. The summed E-state index contributed by atoms with van der Waals surface area (Å²) in [6, 6.07) is 5.02. The van der Waals surface area contributed by atoms with Crippen LogP contribution in [0.15, 0.2) is 45.9 Å². The average molecular weight is 455 g/mol. The molecule has 0 spiro atoms. The van der Waals surface area contributed by atoms with Gasteiger partial charge in [0, 0.05) is 32.0 Å². The largest absolute Gasteiger partial charge is 0.416 e. The van der Waals surface area contributed by atoms with Crippen molar-refractivity contribution in [3.8, 4) is 6.07 Å². The second-order valence-electron chi connectivity index (χ2n) is 6.77. The zero-order valence-corrected chi connectivity index (χ0v) is 17.9. The molecule has 2 heterocycles. The van der Waals surface area contributed by atoms with E-state index in [0.717, 1.165) is 38.1 Å². The molecule has 1 saturated heterocycles. The number of benzene rings is 1. The van der Waals surface area contributed by atoms with Gasteiger partial charge in [0.25, 0.3) is 0 Å². The van der Waals surface area contributed by atoms with E-state index < -0.39 is 11.7 Å². The van der Waals surface area contributed by atoms with Crippen molar-refractivity contribution in [2.75, 3.05) is 20.1 Å². The Labute approximate surface area is 181 Å². The van der Waals surface area contributed by atoms with Crippen LogP contribution in [0.3, 0.4) is 0 Å². The predicted molar refractivity (Wildman–Crippen MR) is 115 cm³/mol. The number of rotatable bonds is 4. The number of likely N-dealkylation sites (N-methyl/N-ethyl adjacent to an activating group) is 1. The summed E-state index contributed by atoms with van der Waals surface area (Å²) in [5.41, 5.74) is 12.7. The van der Waals surface area contributed by atoms with Crippen LogP contribution in [0.2, 0.25) is 0 Å². The summed E-state index contributed by atoms with van der Waals surface area (Å²) < 4.78 is 39.2. The number of nitrogens with two attached hydrogens (primary N) is 2. The molecule has 0 aliphatic carbocycles. The quantitative estimate of drug-likeness (QED) is 0.715. The molecule has 4 N–H and O–H groups in total. The molecule has 0 amide bonds. The maximum atomic E-state index is 12.8. The number of hydrogen-bond donors (Lipinski definition) is 2. The number of hydrazone groups is 1. The van der Waals surface area contributed by atoms with Crippen molar-refractivity contribution in [3.05, 3.63) is 57.5 Å². The number of nitrogens with zero attached hydrogens (tertiary/aromatic N) is 4. The van der Waals surface area contributed by atoms with E-state index in [4.69, 9.17) is 11.5 Å². The second kappa shape index (κ2) is 9.14. The van der Waals surface area contributed by atoms with Gasteiger partial charge in [-0.05, 0) is 42.3 Å². The summed E-state index contributed by atoms with van der Waals surface area (Å²) in [6.07, 6.45) is -0.450. The third kappa shape index (κ3) is 5.17. The smallest absolute Gasteiger partial charge is 0.391 e. The molecule has 0 radical (unpaired) electrons. The van der Waals surface area contributed by atoms with Crippen molar-refractivity contribution >= 4 is 27.9 Å². The van der Waals surface area contributed by atoms with Crippen LogP contribution in [0.5, 0.6) is 0 Å². The van der Waals surface area contributed by atoms with Gasteiger partial charge < -0.3 is 16.4 Å². The summed E-state index contributed by atoms with van der Waals surface area (Å²) in [6.45, 7) is 1.84. The van der Waals surface area contributed by atoms with Crippen molar-refractivity contribution in [2.24, 2.45) is 16.6 Å². The second-order valence-corrected chi connectivity index (χ2v) is 9.03. The summed E-state index contributed by atoms with van der Waals surface area (Å²) in [5, 5.41) is 15.9. The van der Waals surface area contributed by atoms with Crippen molar-refractivity contribution in [1.82, 2.24) is 9.91 Å². The Bertz CT molecular complexity index is 943. The third-order valence-electron chi connectivity index (χ3n) is 4.69. The molecule has 11 heteroatoms. The molecule has 2 aliphatic heterocycles. The van der Waals surface area contributed by atoms with E-state index in [1.165, 1.54) is 29.6 Å². The van der Waals surface area contributed by atoms with Crippen LogP contribution in [0.25, 0.3) is 0 Å². The Balaban J connectivity index is 1.68. The summed E-state index contributed by atoms with van der Waals surface area (Å²) in [7, 11) is 1.76. The van der Waals surface area contributed by atoms with Crippen LogP contribution in [0.4, 0.5) is 13.2 Å². The van der Waals surface area contributed by atoms with E-state index >= 15 is 0 Å². The lowest BCUT2D eigenvalue weighted by atomic mass is 10.1. The summed E-state index contributed by atoms with van der Waals surface area (Å²) in [5.74, 6) is 0.947. The molecule has 0 atom stereocenters. The zero-order chi connectivity index (χ0) is 21.9. The van der Waals surface area contributed by atoms with Gasteiger partial charge >= 0.3 is 6.18 Å². The standard InChI is InChI=1S/C19H21F3N6S2/c1-27-15(9-16(24)28-6-2-3-7-28)17(25)30-18(26-27)29-11-12-4-5-14(19(20,21)22)8-13(12)10-23/h4-5,8-9H,2-3,6-7,11,24-25H2,1H3/b16-9+. The lowest BCUT2D eigenvalue weighted by Crippen LogP contribution is -2.27. The van der Waals surface area contributed by atoms with Crippen molar-refractivity contribution in [3.63, 3.8) is 0 Å². The minimum atomic E-state index is -4.48. The fourth-order valence-corrected chi connectivity index (χ4v) is 5.09. The zero-order valence-electron chi connectivity index (χ0n) is 16.2. The first-order valence-corrected chi connectivity index (χ1v) is 10.9. The van der Waals surface area contributed by atoms with Crippen LogP contribution in [0.1, 0.15) is 29.5 Å². The summed E-state index contributed by atoms with van der Waals surface area (Å²) in [4.78, 5) is 2.10. The van der Waals surface area contributed by atoms with Gasteiger partial charge in [0.05, 0.1) is 27.9 Å². The molecule has 0 aromatic heterocycles. The minimum Gasteiger partial charge on any atom is -0.391 e. The monoisotopic (exact) mass is 454 g/mol. The normalized spacial score (nSPS) is 18.0. The molecule has 0 bridgehead atoms. The molecule has 2 aliphatic rings. The molecular formula is C19H21F3N6S2. The van der Waals surface area contributed by atoms with Crippen LogP contribution in [-0.2, 0) is 11.9 Å². The van der Waals surface area contributed by atoms with Gasteiger partial charge in [0.2, 0.25) is 0 Å². The Morgan fingerprint density at radius 3 is 2.67 bits per heavy atom. The molecule has 3 rings (SSSR count). The Morgan fingerprint density at radius 1 is 1.37 bits per heavy atom. The number of halogens is 3. The molecule has 160 valence electrons. The summed E-state index contributed by atoms with van der Waals surface area (Å²) >= 11 is 2.58. The van der Waals surface area contributed by atoms with E-state index in [1.54, 1.807) is 12.1 Å². The molecule has 1 fully saturated rings. The van der Waals surface area contributed by atoms with Crippen molar-refractivity contribution in [2.45, 2.75) is 24.8 Å². The van der Waals surface area contributed by atoms with E-state index in [0.29, 0.717) is 32.2 Å². The number of alkyl halides is 3. The Kier molecular flexibility index (Phi) is 6.77. The first-order chi connectivity index (χ1) is 14.2. The minimum absolute atomic E-state index is 0.00221. The van der Waals surface area contributed by atoms with Gasteiger partial charge in [-0.3, -0.25) is 5.01 Å². The first kappa shape index (κ1) is 22.2. The molecule has 6 nitrogen and oxygen atoms in total. The molecule has 0 saturated carbocycles. The first-order valence-electron chi connectivity index (χ1n) is 9.14. The maximum Gasteiger partial charge on any atom is 0.416 e. The van der Waals surface area contributed by atoms with E-state index in [1.807, 2.05) is 12.1 Å². The number of likely N-dealkylation sites (tertiary alicyclic amines) is 1. The van der Waals surface area contributed by atoms with Gasteiger partial charge in [0.1, 0.15) is 5.82 Å².